The molecule has 4 bridgehead atoms. The van der Waals surface area contributed by atoms with Crippen molar-refractivity contribution >= 4 is 5.97 Å². The molecule has 3 aliphatic heterocycles. The Labute approximate surface area is 201 Å². The molecule has 4 saturated carbocycles. The van der Waals surface area contributed by atoms with Crippen molar-refractivity contribution in [1.29, 1.82) is 0 Å². The maximum absolute atomic E-state index is 12.2. The van der Waals surface area contributed by atoms with E-state index in [1.165, 1.54) is 0 Å². The van der Waals surface area contributed by atoms with Gasteiger partial charge in [0.2, 0.25) is 0 Å². The van der Waals surface area contributed by atoms with Gasteiger partial charge >= 0.3 is 5.97 Å². The topological polar surface area (TPSA) is 103 Å². The Kier molecular flexibility index (Phi) is 5.96. The van der Waals surface area contributed by atoms with Crippen LogP contribution in [-0.4, -0.2) is 80.2 Å². The molecule has 7 fully saturated rings. The van der Waals surface area contributed by atoms with Gasteiger partial charge in [0.1, 0.15) is 5.76 Å². The number of carboxylic acids is 1. The maximum atomic E-state index is 12.2. The van der Waals surface area contributed by atoms with E-state index in [4.69, 9.17) is 28.4 Å². The number of hydrogen-bond acceptors (Lipinski definition) is 7. The van der Waals surface area contributed by atoms with E-state index >= 15 is 0 Å². The van der Waals surface area contributed by atoms with Crippen LogP contribution < -0.4 is 0 Å². The molecule has 3 saturated heterocycles. The van der Waals surface area contributed by atoms with Gasteiger partial charge in [-0.25, -0.2) is 4.79 Å². The van der Waals surface area contributed by atoms with E-state index in [0.717, 1.165) is 77.6 Å². The van der Waals surface area contributed by atoms with E-state index in [-0.39, 0.29) is 22.7 Å². The Hall–Kier alpha value is -1.19. The second kappa shape index (κ2) is 8.73. The number of ether oxygens (including phenoxy) is 6. The first-order valence-corrected chi connectivity index (χ1v) is 13.1. The van der Waals surface area contributed by atoms with Gasteiger partial charge in [0.25, 0.3) is 0 Å². The van der Waals surface area contributed by atoms with E-state index < -0.39 is 5.97 Å². The zero-order valence-corrected chi connectivity index (χ0v) is 20.2. The fourth-order valence-electron chi connectivity index (χ4n) is 7.40. The van der Waals surface area contributed by atoms with Gasteiger partial charge in [-0.3, -0.25) is 0 Å². The Morgan fingerprint density at radius 3 is 1.79 bits per heavy atom. The molecule has 0 aromatic carbocycles. The predicted octanol–water partition coefficient (Wildman–Crippen LogP) is 3.22. The number of rotatable bonds is 14. The number of carbonyl (C=O) groups is 1. The van der Waals surface area contributed by atoms with Crippen molar-refractivity contribution in [2.24, 2.45) is 11.3 Å². The molecule has 190 valence electrons. The SMILES string of the molecule is CC(C(=O)O)=C(OCCC1CO1)C12CC3CC(OCCC4CO4)(CC(OCCC4CO4)(C3)C1)C2. The summed E-state index contributed by atoms with van der Waals surface area (Å²) in [5, 5.41) is 9.97. The molecular formula is C26H38O8. The highest BCUT2D eigenvalue weighted by atomic mass is 16.6. The molecule has 0 spiro atoms. The highest BCUT2D eigenvalue weighted by Gasteiger charge is 2.66. The van der Waals surface area contributed by atoms with Crippen molar-refractivity contribution in [2.45, 2.75) is 94.2 Å². The van der Waals surface area contributed by atoms with Crippen LogP contribution in [0.5, 0.6) is 0 Å². The van der Waals surface area contributed by atoms with E-state index in [0.29, 0.717) is 49.3 Å². The lowest BCUT2D eigenvalue weighted by atomic mass is 9.45. The fraction of sp³-hybridized carbons (Fsp3) is 0.885. The van der Waals surface area contributed by atoms with Gasteiger partial charge < -0.3 is 33.5 Å². The Bertz CT molecular complexity index is 793. The minimum Gasteiger partial charge on any atom is -0.497 e. The first-order chi connectivity index (χ1) is 16.4. The average molecular weight is 479 g/mol. The lowest BCUT2D eigenvalue weighted by Gasteiger charge is -2.66. The number of hydrogen-bond donors (Lipinski definition) is 1. The molecule has 3 heterocycles. The van der Waals surface area contributed by atoms with Gasteiger partial charge in [-0.15, -0.1) is 0 Å². The van der Waals surface area contributed by atoms with E-state index in [2.05, 4.69) is 0 Å². The van der Waals surface area contributed by atoms with Crippen molar-refractivity contribution in [3.05, 3.63) is 11.3 Å². The van der Waals surface area contributed by atoms with Crippen molar-refractivity contribution < 1.29 is 38.3 Å². The molecule has 5 unspecified atom stereocenters. The third-order valence-electron chi connectivity index (χ3n) is 8.70. The molecule has 0 amide bonds. The fourth-order valence-corrected chi connectivity index (χ4v) is 7.40. The van der Waals surface area contributed by atoms with Gasteiger partial charge in [-0.1, -0.05) is 0 Å². The highest BCUT2D eigenvalue weighted by Crippen LogP contribution is 2.68. The largest absolute Gasteiger partial charge is 0.497 e. The van der Waals surface area contributed by atoms with Gasteiger partial charge in [0.15, 0.2) is 0 Å². The maximum Gasteiger partial charge on any atom is 0.334 e. The lowest BCUT2D eigenvalue weighted by molar-refractivity contribution is -0.261. The first kappa shape index (κ1) is 23.2. The van der Waals surface area contributed by atoms with Crippen LogP contribution in [0.3, 0.4) is 0 Å². The van der Waals surface area contributed by atoms with Gasteiger partial charge in [-0.05, 0) is 57.8 Å². The summed E-state index contributed by atoms with van der Waals surface area (Å²) in [7, 11) is 0. The standard InChI is InChI=1S/C26H38O8/c1-17(23(27)28)22(29-5-2-19-11-30-19)24-8-18-9-25(14-24,33-6-3-20-12-31-20)16-26(10-18,15-24)34-7-4-21-13-32-21/h18-21H,2-16H2,1H3,(H,27,28). The molecular weight excluding hydrogens is 440 g/mol. The van der Waals surface area contributed by atoms with Crippen molar-refractivity contribution in [3.63, 3.8) is 0 Å². The molecule has 5 atom stereocenters. The van der Waals surface area contributed by atoms with E-state index in [9.17, 15) is 9.90 Å². The summed E-state index contributed by atoms with van der Waals surface area (Å²) in [5.74, 6) is 0.189. The number of aliphatic carboxylic acids is 1. The van der Waals surface area contributed by atoms with Crippen LogP contribution in [-0.2, 0) is 33.2 Å². The highest BCUT2D eigenvalue weighted by molar-refractivity contribution is 5.86. The smallest absolute Gasteiger partial charge is 0.334 e. The summed E-state index contributed by atoms with van der Waals surface area (Å²) in [5.41, 5.74) is -0.630. The van der Waals surface area contributed by atoms with Gasteiger partial charge in [0.05, 0.1) is 61.5 Å². The van der Waals surface area contributed by atoms with Gasteiger partial charge in [-0.2, -0.15) is 0 Å². The monoisotopic (exact) mass is 478 g/mol. The van der Waals surface area contributed by atoms with Gasteiger partial charge in [0, 0.05) is 31.5 Å². The number of carboxylic acid groups (broad SMARTS) is 1. The molecule has 7 aliphatic rings. The second-order valence-corrected chi connectivity index (χ2v) is 11.7. The van der Waals surface area contributed by atoms with Crippen LogP contribution >= 0.6 is 0 Å². The number of allylic oxidation sites excluding steroid dienone is 1. The minimum absolute atomic E-state index is 0.251. The summed E-state index contributed by atoms with van der Waals surface area (Å²) < 4.78 is 35.9. The summed E-state index contributed by atoms with van der Waals surface area (Å²) in [6.45, 7) is 5.98. The molecule has 0 aromatic rings. The van der Waals surface area contributed by atoms with Crippen molar-refractivity contribution in [2.75, 3.05) is 39.6 Å². The summed E-state index contributed by atoms with van der Waals surface area (Å²) in [4.78, 5) is 12.2. The second-order valence-electron chi connectivity index (χ2n) is 11.7. The van der Waals surface area contributed by atoms with Crippen LogP contribution in [0.4, 0.5) is 0 Å². The molecule has 0 radical (unpaired) electrons. The summed E-state index contributed by atoms with van der Waals surface area (Å²) >= 11 is 0. The number of epoxide rings is 3. The van der Waals surface area contributed by atoms with Crippen LogP contribution in [0.2, 0.25) is 0 Å². The molecule has 7 rings (SSSR count). The summed E-state index contributed by atoms with van der Waals surface area (Å²) in [6.07, 6.45) is 9.03. The Balaban J connectivity index is 1.27. The molecule has 0 aromatic heterocycles. The zero-order chi connectivity index (χ0) is 23.4. The van der Waals surface area contributed by atoms with Crippen LogP contribution in [0.1, 0.15) is 64.7 Å². The molecule has 4 aliphatic carbocycles. The van der Waals surface area contributed by atoms with E-state index in [1.54, 1.807) is 6.92 Å². The first-order valence-electron chi connectivity index (χ1n) is 13.1. The van der Waals surface area contributed by atoms with Crippen LogP contribution in [0.25, 0.3) is 0 Å². The van der Waals surface area contributed by atoms with Crippen LogP contribution in [0, 0.1) is 11.3 Å². The Morgan fingerprint density at radius 1 is 0.824 bits per heavy atom. The molecule has 34 heavy (non-hydrogen) atoms. The zero-order valence-electron chi connectivity index (χ0n) is 20.2. The molecule has 8 nitrogen and oxygen atoms in total. The Morgan fingerprint density at radius 2 is 1.32 bits per heavy atom. The average Bonchev–Trinajstić information content (AvgIpc) is 3.61. The third kappa shape index (κ3) is 4.89. The van der Waals surface area contributed by atoms with Crippen molar-refractivity contribution in [1.82, 2.24) is 0 Å². The minimum atomic E-state index is -0.907. The molecule has 8 heteroatoms. The quantitative estimate of drug-likeness (QED) is 0.231. The van der Waals surface area contributed by atoms with E-state index in [1.807, 2.05) is 0 Å². The normalized spacial score (nSPS) is 44.0. The summed E-state index contributed by atoms with van der Waals surface area (Å²) in [6, 6.07) is 0. The molecule has 1 N–H and O–H groups in total. The predicted molar refractivity (Wildman–Crippen MR) is 120 cm³/mol. The third-order valence-corrected chi connectivity index (χ3v) is 8.70. The van der Waals surface area contributed by atoms with Crippen LogP contribution in [0.15, 0.2) is 11.3 Å². The lowest BCUT2D eigenvalue weighted by Crippen LogP contribution is -2.65. The van der Waals surface area contributed by atoms with Crippen molar-refractivity contribution in [3.8, 4) is 0 Å².